The van der Waals surface area contributed by atoms with Gasteiger partial charge in [0.2, 0.25) is 0 Å². The summed E-state index contributed by atoms with van der Waals surface area (Å²) in [5, 5.41) is 0. The van der Waals surface area contributed by atoms with Crippen molar-refractivity contribution >= 4 is 13.3 Å². The van der Waals surface area contributed by atoms with Crippen molar-refractivity contribution in [1.82, 2.24) is 0 Å². The second-order valence-corrected chi connectivity index (χ2v) is 5.77. The highest BCUT2D eigenvalue weighted by Crippen LogP contribution is 2.31. The molecule has 2 aromatic carbocycles. The number of benzene rings is 2. The molecule has 0 aliphatic heterocycles. The third-order valence-corrected chi connectivity index (χ3v) is 3.88. The van der Waals surface area contributed by atoms with Crippen LogP contribution >= 0.6 is 0 Å². The van der Waals surface area contributed by atoms with E-state index >= 15 is 0 Å². The Morgan fingerprint density at radius 2 is 1.92 bits per heavy atom. The molecule has 2 rings (SSSR count). The average molecular weight is 322 g/mol. The van der Waals surface area contributed by atoms with Crippen molar-refractivity contribution in [3.63, 3.8) is 0 Å². The lowest BCUT2D eigenvalue weighted by atomic mass is 9.81. The molecule has 124 valence electrons. The number of ether oxygens (including phenoxy) is 2. The first-order chi connectivity index (χ1) is 11.4. The van der Waals surface area contributed by atoms with Crippen molar-refractivity contribution in [2.45, 2.75) is 19.4 Å². The largest absolute Gasteiger partial charge is 0.494 e. The highest BCUT2D eigenvalue weighted by molar-refractivity contribution is 6.32. The molecule has 2 radical (unpaired) electrons. The highest BCUT2D eigenvalue weighted by Gasteiger charge is 2.31. The van der Waals surface area contributed by atoms with Crippen LogP contribution in [-0.2, 0) is 10.3 Å². The Morgan fingerprint density at radius 1 is 1.21 bits per heavy atom. The predicted molar refractivity (Wildman–Crippen MR) is 98.4 cm³/mol. The van der Waals surface area contributed by atoms with E-state index in [2.05, 4.69) is 6.58 Å². The zero-order valence-corrected chi connectivity index (χ0v) is 14.2. The molecule has 0 fully saturated rings. The van der Waals surface area contributed by atoms with Gasteiger partial charge in [0.25, 0.3) is 0 Å². The summed E-state index contributed by atoms with van der Waals surface area (Å²) >= 11 is 0. The van der Waals surface area contributed by atoms with E-state index in [1.54, 1.807) is 0 Å². The van der Waals surface area contributed by atoms with Gasteiger partial charge in [-0.1, -0.05) is 41.9 Å². The minimum Gasteiger partial charge on any atom is -0.494 e. The Morgan fingerprint density at radius 3 is 2.50 bits per heavy atom. The van der Waals surface area contributed by atoms with Crippen LogP contribution < -0.4 is 21.7 Å². The molecule has 4 N–H and O–H groups in total. The van der Waals surface area contributed by atoms with E-state index in [9.17, 15) is 0 Å². The maximum absolute atomic E-state index is 6.73. The molecule has 0 saturated heterocycles. The second-order valence-electron chi connectivity index (χ2n) is 5.77. The van der Waals surface area contributed by atoms with Gasteiger partial charge in [-0.15, -0.1) is 0 Å². The molecule has 1 atom stereocenters. The molecular formula is C19H23BN2O2. The Hall–Kier alpha value is -2.40. The number of hydrogen-bond acceptors (Lipinski definition) is 4. The Balaban J connectivity index is 2.49. The summed E-state index contributed by atoms with van der Waals surface area (Å²) in [7, 11) is 5.92. The van der Waals surface area contributed by atoms with Gasteiger partial charge in [0.1, 0.15) is 25.7 Å². The molecule has 24 heavy (non-hydrogen) atoms. The summed E-state index contributed by atoms with van der Waals surface area (Å²) in [4.78, 5) is 0. The fourth-order valence-corrected chi connectivity index (χ4v) is 2.60. The zero-order chi connectivity index (χ0) is 17.7. The summed E-state index contributed by atoms with van der Waals surface area (Å²) in [5.41, 5.74) is 14.7. The maximum Gasteiger partial charge on any atom is 0.176 e. The van der Waals surface area contributed by atoms with E-state index in [-0.39, 0.29) is 12.5 Å². The van der Waals surface area contributed by atoms with Crippen molar-refractivity contribution in [3.05, 3.63) is 71.6 Å². The topological polar surface area (TPSA) is 70.5 Å². The van der Waals surface area contributed by atoms with Crippen LogP contribution in [0.1, 0.15) is 23.6 Å². The lowest BCUT2D eigenvalue weighted by Gasteiger charge is -2.31. The molecule has 1 unspecified atom stereocenters. The van der Waals surface area contributed by atoms with Gasteiger partial charge in [-0.3, -0.25) is 0 Å². The molecule has 0 spiro atoms. The normalized spacial score (nSPS) is 13.1. The minimum absolute atomic E-state index is 0.122. The molecule has 0 heterocycles. The Kier molecular flexibility index (Phi) is 5.57. The van der Waals surface area contributed by atoms with Crippen LogP contribution in [0.3, 0.4) is 0 Å². The van der Waals surface area contributed by atoms with Gasteiger partial charge < -0.3 is 20.9 Å². The molecule has 5 heteroatoms. The van der Waals surface area contributed by atoms with E-state index in [4.69, 9.17) is 28.8 Å². The first-order valence-electron chi connectivity index (χ1n) is 7.83. The van der Waals surface area contributed by atoms with Gasteiger partial charge in [0.15, 0.2) is 5.88 Å². The fourth-order valence-electron chi connectivity index (χ4n) is 2.60. The van der Waals surface area contributed by atoms with E-state index in [1.807, 2.05) is 56.3 Å². The van der Waals surface area contributed by atoms with Crippen molar-refractivity contribution in [3.8, 4) is 5.75 Å². The van der Waals surface area contributed by atoms with E-state index in [0.29, 0.717) is 12.1 Å². The van der Waals surface area contributed by atoms with Gasteiger partial charge in [-0.05, 0) is 43.2 Å². The fraction of sp³-hybridized carbons (Fsp3) is 0.263. The van der Waals surface area contributed by atoms with Crippen molar-refractivity contribution in [2.24, 2.45) is 11.5 Å². The monoisotopic (exact) mass is 322 g/mol. The van der Waals surface area contributed by atoms with Crippen LogP contribution in [0.2, 0.25) is 0 Å². The lowest BCUT2D eigenvalue weighted by molar-refractivity contribution is 0.161. The van der Waals surface area contributed by atoms with Crippen LogP contribution in [0.4, 0.5) is 0 Å². The number of nitrogens with two attached hydrogens (primary N) is 2. The van der Waals surface area contributed by atoms with Crippen molar-refractivity contribution < 1.29 is 9.47 Å². The minimum atomic E-state index is -0.910. The summed E-state index contributed by atoms with van der Waals surface area (Å²) in [6, 6.07) is 13.3. The third-order valence-electron chi connectivity index (χ3n) is 3.88. The number of rotatable bonds is 7. The summed E-state index contributed by atoms with van der Waals surface area (Å²) in [5.74, 6) is 0.955. The summed E-state index contributed by atoms with van der Waals surface area (Å²) in [6.45, 7) is 8.27. The molecule has 2 aromatic rings. The van der Waals surface area contributed by atoms with Crippen molar-refractivity contribution in [2.75, 3.05) is 13.2 Å². The number of hydrogen-bond donors (Lipinski definition) is 2. The van der Waals surface area contributed by atoms with Crippen LogP contribution in [0.25, 0.3) is 0 Å². The Labute approximate surface area is 144 Å². The molecular weight excluding hydrogens is 299 g/mol. The third kappa shape index (κ3) is 3.92. The zero-order valence-electron chi connectivity index (χ0n) is 14.2. The first kappa shape index (κ1) is 18.0. The van der Waals surface area contributed by atoms with Gasteiger partial charge in [0, 0.05) is 0 Å². The Bertz CT molecular complexity index is 733. The van der Waals surface area contributed by atoms with Crippen molar-refractivity contribution in [1.29, 1.82) is 0 Å². The quantitative estimate of drug-likeness (QED) is 0.603. The lowest BCUT2D eigenvalue weighted by Crippen LogP contribution is -2.43. The van der Waals surface area contributed by atoms with Crippen LogP contribution in [0, 0.1) is 6.92 Å². The SMILES string of the molecule is [B]c1cccc(C(N)(COC(=C)N)c2ccc(OCC)c(C)c2)c1. The van der Waals surface area contributed by atoms with Gasteiger partial charge in [0.05, 0.1) is 6.61 Å². The second kappa shape index (κ2) is 7.45. The molecule has 4 nitrogen and oxygen atoms in total. The summed E-state index contributed by atoms with van der Waals surface area (Å²) in [6.07, 6.45) is 0. The van der Waals surface area contributed by atoms with Crippen LogP contribution in [0.5, 0.6) is 5.75 Å². The van der Waals surface area contributed by atoms with Gasteiger partial charge >= 0.3 is 0 Å². The molecule has 0 amide bonds. The summed E-state index contributed by atoms with van der Waals surface area (Å²) < 4.78 is 11.1. The molecule has 0 bridgehead atoms. The standard InChI is InChI=1S/C19H23BN2O2/c1-4-23-18-9-8-16(10-13(18)2)19(22,12-24-14(3)21)15-6-5-7-17(20)11-15/h5-11H,3-4,12,21-22H2,1-2H3. The van der Waals surface area contributed by atoms with Crippen LogP contribution in [0.15, 0.2) is 54.9 Å². The van der Waals surface area contributed by atoms with E-state index in [0.717, 1.165) is 22.4 Å². The molecule has 0 aliphatic rings. The molecule has 0 aliphatic carbocycles. The smallest absolute Gasteiger partial charge is 0.176 e. The predicted octanol–water partition coefficient (Wildman–Crippen LogP) is 1.84. The maximum atomic E-state index is 6.73. The molecule has 0 saturated carbocycles. The number of aryl methyl sites for hydroxylation is 1. The van der Waals surface area contributed by atoms with Crippen LogP contribution in [-0.4, -0.2) is 21.1 Å². The molecule has 0 aromatic heterocycles. The highest BCUT2D eigenvalue weighted by atomic mass is 16.5. The average Bonchev–Trinajstić information content (AvgIpc) is 2.54. The van der Waals surface area contributed by atoms with Gasteiger partial charge in [-0.25, -0.2) is 0 Å². The van der Waals surface area contributed by atoms with E-state index in [1.165, 1.54) is 0 Å². The van der Waals surface area contributed by atoms with E-state index < -0.39 is 5.54 Å². The van der Waals surface area contributed by atoms with Gasteiger partial charge in [-0.2, -0.15) is 0 Å². The first-order valence-corrected chi connectivity index (χ1v) is 7.83.